The van der Waals surface area contributed by atoms with E-state index in [1.54, 1.807) is 5.57 Å². The molecule has 2 rings (SSSR count). The van der Waals surface area contributed by atoms with Crippen molar-refractivity contribution in [2.45, 2.75) is 53.0 Å². The van der Waals surface area contributed by atoms with Crippen LogP contribution >= 0.6 is 0 Å². The van der Waals surface area contributed by atoms with E-state index in [1.807, 2.05) is 0 Å². The molecule has 1 heterocycles. The van der Waals surface area contributed by atoms with E-state index in [1.165, 1.54) is 5.56 Å². The van der Waals surface area contributed by atoms with Crippen LogP contribution in [0.2, 0.25) is 0 Å². The molecule has 1 heteroatoms. The van der Waals surface area contributed by atoms with Gasteiger partial charge in [-0.15, -0.1) is 0 Å². The smallest absolute Gasteiger partial charge is 0.0182 e. The quantitative estimate of drug-likeness (QED) is 0.660. The molecule has 1 aromatic carbocycles. The molecule has 20 heavy (non-hydrogen) atoms. The first-order valence-corrected chi connectivity index (χ1v) is 7.70. The summed E-state index contributed by atoms with van der Waals surface area (Å²) in [6.45, 7) is 16.1. The first-order chi connectivity index (χ1) is 9.19. The molecule has 1 atom stereocenters. The van der Waals surface area contributed by atoms with Gasteiger partial charge in [0.2, 0.25) is 0 Å². The van der Waals surface area contributed by atoms with Gasteiger partial charge in [-0.2, -0.15) is 0 Å². The Labute approximate surface area is 124 Å². The lowest BCUT2D eigenvalue weighted by Crippen LogP contribution is -2.47. The summed E-state index contributed by atoms with van der Waals surface area (Å²) in [6.07, 6.45) is 2.46. The third-order valence-electron chi connectivity index (χ3n) is 4.33. The molecule has 0 radical (unpaired) electrons. The van der Waals surface area contributed by atoms with Gasteiger partial charge in [-0.1, -0.05) is 62.8 Å². The van der Waals surface area contributed by atoms with Gasteiger partial charge in [0.1, 0.15) is 0 Å². The average molecular weight is 271 g/mol. The van der Waals surface area contributed by atoms with E-state index in [-0.39, 0.29) is 11.0 Å². The Morgan fingerprint density at radius 1 is 0.950 bits per heavy atom. The second-order valence-corrected chi connectivity index (χ2v) is 7.95. The van der Waals surface area contributed by atoms with E-state index < -0.39 is 0 Å². The highest BCUT2D eigenvalue weighted by atomic mass is 15.2. The molecule has 0 saturated heterocycles. The molecule has 1 unspecified atom stereocenters. The molecule has 0 aromatic heterocycles. The zero-order chi connectivity index (χ0) is 15.0. The summed E-state index contributed by atoms with van der Waals surface area (Å²) in [7, 11) is 0. The van der Waals surface area contributed by atoms with Crippen LogP contribution in [0.4, 0.5) is 0 Å². The maximum atomic E-state index is 2.58. The summed E-state index contributed by atoms with van der Waals surface area (Å²) < 4.78 is 0. The third kappa shape index (κ3) is 3.32. The van der Waals surface area contributed by atoms with Gasteiger partial charge in [-0.25, -0.2) is 0 Å². The van der Waals surface area contributed by atoms with Crippen molar-refractivity contribution in [1.29, 1.82) is 0 Å². The summed E-state index contributed by atoms with van der Waals surface area (Å²) >= 11 is 0. The van der Waals surface area contributed by atoms with Crippen LogP contribution in [0.25, 0.3) is 0 Å². The van der Waals surface area contributed by atoms with Gasteiger partial charge in [0.15, 0.2) is 0 Å². The Bertz CT molecular complexity index is 471. The van der Waals surface area contributed by atoms with Crippen molar-refractivity contribution in [3.8, 4) is 0 Å². The van der Waals surface area contributed by atoms with Gasteiger partial charge in [-0.05, 0) is 31.7 Å². The highest BCUT2D eigenvalue weighted by molar-refractivity contribution is 5.34. The lowest BCUT2D eigenvalue weighted by molar-refractivity contribution is 0.135. The highest BCUT2D eigenvalue weighted by Gasteiger charge is 2.34. The standard InChI is InChI=1S/C19H29N/c1-18(2,3)17-12-13-20(19(4,5)6)14-16(17)15-10-8-7-9-11-15/h7-12,16H,13-14H2,1-6H3. The number of nitrogens with zero attached hydrogens (tertiary/aromatic N) is 1. The van der Waals surface area contributed by atoms with Crippen molar-refractivity contribution in [1.82, 2.24) is 4.90 Å². The molecule has 0 bridgehead atoms. The van der Waals surface area contributed by atoms with Crippen molar-refractivity contribution in [3.63, 3.8) is 0 Å². The van der Waals surface area contributed by atoms with Gasteiger partial charge < -0.3 is 0 Å². The minimum atomic E-state index is 0.229. The minimum absolute atomic E-state index is 0.229. The molecule has 0 saturated carbocycles. The van der Waals surface area contributed by atoms with E-state index in [0.717, 1.165) is 13.1 Å². The summed E-state index contributed by atoms with van der Waals surface area (Å²) in [4.78, 5) is 2.58. The molecule has 0 aliphatic carbocycles. The molecule has 1 nitrogen and oxygen atoms in total. The molecule has 1 aliphatic heterocycles. The van der Waals surface area contributed by atoms with Crippen LogP contribution in [-0.4, -0.2) is 23.5 Å². The van der Waals surface area contributed by atoms with Crippen LogP contribution in [0.5, 0.6) is 0 Å². The Morgan fingerprint density at radius 3 is 2.05 bits per heavy atom. The second kappa shape index (κ2) is 5.37. The Balaban J connectivity index is 2.38. The summed E-state index contributed by atoms with van der Waals surface area (Å²) in [5.41, 5.74) is 3.50. The predicted octanol–water partition coefficient (Wildman–Crippen LogP) is 4.86. The number of hydrogen-bond acceptors (Lipinski definition) is 1. The normalized spacial score (nSPS) is 21.7. The molecule has 0 fully saturated rings. The monoisotopic (exact) mass is 271 g/mol. The van der Waals surface area contributed by atoms with Crippen LogP contribution in [0, 0.1) is 5.41 Å². The van der Waals surface area contributed by atoms with Crippen molar-refractivity contribution in [3.05, 3.63) is 47.5 Å². The van der Waals surface area contributed by atoms with Crippen LogP contribution in [0.15, 0.2) is 42.0 Å². The van der Waals surface area contributed by atoms with Crippen LogP contribution in [-0.2, 0) is 0 Å². The van der Waals surface area contributed by atoms with Gasteiger partial charge >= 0.3 is 0 Å². The topological polar surface area (TPSA) is 3.24 Å². The molecular formula is C19H29N. The van der Waals surface area contributed by atoms with E-state index in [2.05, 4.69) is 82.9 Å². The summed E-state index contributed by atoms with van der Waals surface area (Å²) in [6, 6.07) is 11.0. The van der Waals surface area contributed by atoms with E-state index in [9.17, 15) is 0 Å². The van der Waals surface area contributed by atoms with E-state index in [4.69, 9.17) is 0 Å². The molecule has 0 amide bonds. The average Bonchev–Trinajstić information content (AvgIpc) is 2.37. The van der Waals surface area contributed by atoms with Crippen molar-refractivity contribution < 1.29 is 0 Å². The fourth-order valence-corrected chi connectivity index (χ4v) is 3.09. The first kappa shape index (κ1) is 15.3. The summed E-state index contributed by atoms with van der Waals surface area (Å²) in [5.74, 6) is 0.518. The Kier molecular flexibility index (Phi) is 4.11. The molecular weight excluding hydrogens is 242 g/mol. The number of benzene rings is 1. The molecule has 0 spiro atoms. The molecule has 110 valence electrons. The van der Waals surface area contributed by atoms with Crippen molar-refractivity contribution in [2.75, 3.05) is 13.1 Å². The fraction of sp³-hybridized carbons (Fsp3) is 0.579. The third-order valence-corrected chi connectivity index (χ3v) is 4.33. The van der Waals surface area contributed by atoms with Gasteiger partial charge in [0.25, 0.3) is 0 Å². The minimum Gasteiger partial charge on any atom is -0.294 e. The first-order valence-electron chi connectivity index (χ1n) is 7.70. The lowest BCUT2D eigenvalue weighted by atomic mass is 9.73. The Morgan fingerprint density at radius 2 is 1.55 bits per heavy atom. The van der Waals surface area contributed by atoms with Gasteiger partial charge in [-0.3, -0.25) is 4.90 Å². The van der Waals surface area contributed by atoms with E-state index >= 15 is 0 Å². The second-order valence-electron chi connectivity index (χ2n) is 7.95. The van der Waals surface area contributed by atoms with Crippen molar-refractivity contribution >= 4 is 0 Å². The van der Waals surface area contributed by atoms with Crippen LogP contribution in [0.3, 0.4) is 0 Å². The predicted molar refractivity (Wildman–Crippen MR) is 88.0 cm³/mol. The van der Waals surface area contributed by atoms with Crippen LogP contribution < -0.4 is 0 Å². The van der Waals surface area contributed by atoms with Gasteiger partial charge in [0.05, 0.1) is 0 Å². The zero-order valence-corrected chi connectivity index (χ0v) is 13.9. The molecule has 1 aromatic rings. The number of hydrogen-bond donors (Lipinski definition) is 0. The van der Waals surface area contributed by atoms with Crippen molar-refractivity contribution in [2.24, 2.45) is 5.41 Å². The number of rotatable bonds is 1. The molecule has 1 aliphatic rings. The SMILES string of the molecule is CC(C)(C)C1=CCN(C(C)(C)C)CC1c1ccccc1. The maximum absolute atomic E-state index is 2.58. The highest BCUT2D eigenvalue weighted by Crippen LogP contribution is 2.41. The largest absolute Gasteiger partial charge is 0.294 e. The van der Waals surface area contributed by atoms with Gasteiger partial charge in [0, 0.05) is 24.5 Å². The zero-order valence-electron chi connectivity index (χ0n) is 13.9. The summed E-state index contributed by atoms with van der Waals surface area (Å²) in [5, 5.41) is 0. The van der Waals surface area contributed by atoms with Crippen LogP contribution in [0.1, 0.15) is 53.0 Å². The maximum Gasteiger partial charge on any atom is 0.0182 e. The fourth-order valence-electron chi connectivity index (χ4n) is 3.09. The lowest BCUT2D eigenvalue weighted by Gasteiger charge is -2.44. The Hall–Kier alpha value is -1.08. The van der Waals surface area contributed by atoms with E-state index in [0.29, 0.717) is 5.92 Å². The molecule has 0 N–H and O–H groups in total.